The summed E-state index contributed by atoms with van der Waals surface area (Å²) in [5.41, 5.74) is 5.38. The Bertz CT molecular complexity index is 436. The van der Waals surface area contributed by atoms with E-state index in [0.717, 1.165) is 0 Å². The normalized spacial score (nSPS) is 9.76. The number of hydrogen-bond acceptors (Lipinski definition) is 4. The first-order chi connectivity index (χ1) is 8.04. The highest BCUT2D eigenvalue weighted by atomic mass is 79.9. The Balaban J connectivity index is 2.73. The van der Waals surface area contributed by atoms with Gasteiger partial charge in [0.05, 0.1) is 5.56 Å². The number of halogens is 1. The van der Waals surface area contributed by atoms with Gasteiger partial charge < -0.3 is 16.4 Å². The summed E-state index contributed by atoms with van der Waals surface area (Å²) in [5, 5.41) is 5.41. The third kappa shape index (κ3) is 4.03. The molecular formula is C10H13BrN4O2. The highest BCUT2D eigenvalue weighted by molar-refractivity contribution is 9.10. The molecule has 1 heterocycles. The first-order valence-corrected chi connectivity index (χ1v) is 5.73. The fraction of sp³-hybridized carbons (Fsp3) is 0.300. The minimum atomic E-state index is -0.452. The molecule has 7 heteroatoms. The quantitative estimate of drug-likeness (QED) is 0.737. The SMILES string of the molecule is CNc1ncc(Br)cc1C(=O)NCCC(N)=O. The third-order valence-corrected chi connectivity index (χ3v) is 2.43. The van der Waals surface area contributed by atoms with Crippen molar-refractivity contribution in [1.29, 1.82) is 0 Å². The molecule has 92 valence electrons. The van der Waals surface area contributed by atoms with Gasteiger partial charge in [0.1, 0.15) is 5.82 Å². The van der Waals surface area contributed by atoms with E-state index < -0.39 is 5.91 Å². The van der Waals surface area contributed by atoms with Crippen LogP contribution in [0.3, 0.4) is 0 Å². The van der Waals surface area contributed by atoms with Crippen molar-refractivity contribution in [2.24, 2.45) is 5.73 Å². The number of rotatable bonds is 5. The lowest BCUT2D eigenvalue weighted by Gasteiger charge is -2.08. The fourth-order valence-corrected chi connectivity index (χ4v) is 1.54. The summed E-state index contributed by atoms with van der Waals surface area (Å²) < 4.78 is 0.705. The lowest BCUT2D eigenvalue weighted by atomic mass is 10.2. The Labute approximate surface area is 107 Å². The predicted octanol–water partition coefficient (Wildman–Crippen LogP) is 0.491. The molecule has 0 radical (unpaired) electrons. The van der Waals surface area contributed by atoms with E-state index in [1.165, 1.54) is 0 Å². The maximum absolute atomic E-state index is 11.8. The van der Waals surface area contributed by atoms with Gasteiger partial charge >= 0.3 is 0 Å². The summed E-state index contributed by atoms with van der Waals surface area (Å²) in [6, 6.07) is 1.65. The summed E-state index contributed by atoms with van der Waals surface area (Å²) >= 11 is 3.24. The molecule has 1 aromatic heterocycles. The van der Waals surface area contributed by atoms with Crippen LogP contribution in [-0.2, 0) is 4.79 Å². The number of carbonyl (C=O) groups is 2. The van der Waals surface area contributed by atoms with Crippen LogP contribution in [0, 0.1) is 0 Å². The van der Waals surface area contributed by atoms with Gasteiger partial charge in [0, 0.05) is 30.7 Å². The van der Waals surface area contributed by atoms with Gasteiger partial charge in [-0.15, -0.1) is 0 Å². The number of hydrogen-bond donors (Lipinski definition) is 3. The van der Waals surface area contributed by atoms with E-state index in [9.17, 15) is 9.59 Å². The van der Waals surface area contributed by atoms with E-state index in [0.29, 0.717) is 15.9 Å². The highest BCUT2D eigenvalue weighted by Gasteiger charge is 2.12. The van der Waals surface area contributed by atoms with Crippen molar-refractivity contribution < 1.29 is 9.59 Å². The maximum Gasteiger partial charge on any atom is 0.255 e. The van der Waals surface area contributed by atoms with Crippen molar-refractivity contribution in [3.63, 3.8) is 0 Å². The van der Waals surface area contributed by atoms with Crippen molar-refractivity contribution in [2.45, 2.75) is 6.42 Å². The van der Waals surface area contributed by atoms with E-state index in [-0.39, 0.29) is 18.9 Å². The van der Waals surface area contributed by atoms with E-state index in [1.807, 2.05) is 0 Å². The molecule has 0 aliphatic carbocycles. The van der Waals surface area contributed by atoms with Crippen molar-refractivity contribution in [1.82, 2.24) is 10.3 Å². The van der Waals surface area contributed by atoms with Crippen molar-refractivity contribution >= 4 is 33.6 Å². The Morgan fingerprint density at radius 2 is 2.24 bits per heavy atom. The number of nitrogens with one attached hydrogen (secondary N) is 2. The molecule has 6 nitrogen and oxygen atoms in total. The molecule has 1 rings (SSSR count). The Morgan fingerprint density at radius 1 is 1.53 bits per heavy atom. The third-order valence-electron chi connectivity index (χ3n) is 1.99. The zero-order valence-corrected chi connectivity index (χ0v) is 10.9. The second kappa shape index (κ2) is 6.19. The van der Waals surface area contributed by atoms with Gasteiger partial charge in [-0.2, -0.15) is 0 Å². The maximum atomic E-state index is 11.8. The first-order valence-electron chi connectivity index (χ1n) is 4.94. The second-order valence-corrected chi connectivity index (χ2v) is 4.19. The molecule has 1 aromatic rings. The largest absolute Gasteiger partial charge is 0.372 e. The molecule has 0 aliphatic rings. The number of aromatic nitrogens is 1. The minimum Gasteiger partial charge on any atom is -0.372 e. The van der Waals surface area contributed by atoms with Gasteiger partial charge in [0.2, 0.25) is 5.91 Å². The predicted molar refractivity (Wildman–Crippen MR) is 67.6 cm³/mol. The topological polar surface area (TPSA) is 97.1 Å². The Hall–Kier alpha value is -1.63. The van der Waals surface area contributed by atoms with Gasteiger partial charge in [-0.05, 0) is 22.0 Å². The number of amides is 2. The van der Waals surface area contributed by atoms with Gasteiger partial charge in [0.25, 0.3) is 5.91 Å². The van der Waals surface area contributed by atoms with Crippen LogP contribution in [-0.4, -0.2) is 30.4 Å². The van der Waals surface area contributed by atoms with Crippen molar-refractivity contribution in [3.05, 3.63) is 22.3 Å². The molecule has 0 atom stereocenters. The van der Waals surface area contributed by atoms with Crippen LogP contribution in [0.4, 0.5) is 5.82 Å². The van der Waals surface area contributed by atoms with E-state index >= 15 is 0 Å². The van der Waals surface area contributed by atoms with E-state index in [4.69, 9.17) is 5.73 Å². The summed E-state index contributed by atoms with van der Waals surface area (Å²) in [7, 11) is 1.68. The minimum absolute atomic E-state index is 0.113. The van der Waals surface area contributed by atoms with Crippen LogP contribution in [0.5, 0.6) is 0 Å². The molecule has 0 fully saturated rings. The van der Waals surface area contributed by atoms with Crippen LogP contribution < -0.4 is 16.4 Å². The summed E-state index contributed by atoms with van der Waals surface area (Å²) in [4.78, 5) is 26.4. The fourth-order valence-electron chi connectivity index (χ4n) is 1.21. The molecule has 0 aliphatic heterocycles. The van der Waals surface area contributed by atoms with Crippen LogP contribution in [0.25, 0.3) is 0 Å². The summed E-state index contributed by atoms with van der Waals surface area (Å²) in [6.07, 6.45) is 1.70. The van der Waals surface area contributed by atoms with Crippen LogP contribution in [0.15, 0.2) is 16.7 Å². The molecule has 2 amide bonds. The Kier molecular flexibility index (Phi) is 4.89. The molecule has 0 aromatic carbocycles. The van der Waals surface area contributed by atoms with Crippen LogP contribution >= 0.6 is 15.9 Å². The number of carbonyl (C=O) groups excluding carboxylic acids is 2. The summed E-state index contributed by atoms with van der Waals surface area (Å²) in [6.45, 7) is 0.212. The van der Waals surface area contributed by atoms with Crippen LogP contribution in [0.2, 0.25) is 0 Å². The monoisotopic (exact) mass is 300 g/mol. The molecule has 0 saturated heterocycles. The zero-order valence-electron chi connectivity index (χ0n) is 9.29. The van der Waals surface area contributed by atoms with Gasteiger partial charge in [0.15, 0.2) is 0 Å². The average molecular weight is 301 g/mol. The van der Waals surface area contributed by atoms with Crippen molar-refractivity contribution in [3.8, 4) is 0 Å². The number of primary amides is 1. The van der Waals surface area contributed by atoms with Crippen LogP contribution in [0.1, 0.15) is 16.8 Å². The van der Waals surface area contributed by atoms with Gasteiger partial charge in [-0.1, -0.05) is 0 Å². The number of anilines is 1. The average Bonchev–Trinajstić information content (AvgIpc) is 2.28. The molecule has 0 unspecified atom stereocenters. The molecular weight excluding hydrogens is 288 g/mol. The molecule has 0 spiro atoms. The van der Waals surface area contributed by atoms with Gasteiger partial charge in [-0.3, -0.25) is 9.59 Å². The second-order valence-electron chi connectivity index (χ2n) is 3.27. The first kappa shape index (κ1) is 13.4. The highest BCUT2D eigenvalue weighted by Crippen LogP contribution is 2.17. The standard InChI is InChI=1S/C10H13BrN4O2/c1-13-9-7(4-6(11)5-15-9)10(17)14-3-2-8(12)16/h4-5H,2-3H2,1H3,(H2,12,16)(H,13,15)(H,14,17). The molecule has 17 heavy (non-hydrogen) atoms. The van der Waals surface area contributed by atoms with Crippen molar-refractivity contribution in [2.75, 3.05) is 18.9 Å². The van der Waals surface area contributed by atoms with E-state index in [1.54, 1.807) is 19.3 Å². The summed E-state index contributed by atoms with van der Waals surface area (Å²) in [5.74, 6) is -0.277. The lowest BCUT2D eigenvalue weighted by Crippen LogP contribution is -2.28. The van der Waals surface area contributed by atoms with E-state index in [2.05, 4.69) is 31.5 Å². The number of pyridine rings is 1. The molecule has 0 saturated carbocycles. The molecule has 0 bridgehead atoms. The smallest absolute Gasteiger partial charge is 0.255 e. The number of nitrogens with zero attached hydrogens (tertiary/aromatic N) is 1. The zero-order chi connectivity index (χ0) is 12.8. The number of nitrogens with two attached hydrogens (primary N) is 1. The molecule has 4 N–H and O–H groups in total. The lowest BCUT2D eigenvalue weighted by molar-refractivity contribution is -0.117. The Morgan fingerprint density at radius 3 is 2.82 bits per heavy atom. The van der Waals surface area contributed by atoms with Gasteiger partial charge in [-0.25, -0.2) is 4.98 Å².